The fourth-order valence-electron chi connectivity index (χ4n) is 2.46. The molecule has 1 aromatic heterocycles. The van der Waals surface area contributed by atoms with E-state index in [0.717, 1.165) is 5.56 Å². The molecule has 0 radical (unpaired) electrons. The minimum atomic E-state index is -0.824. The Bertz CT molecular complexity index is 850. The van der Waals surface area contributed by atoms with Crippen molar-refractivity contribution in [2.45, 2.75) is 26.5 Å². The van der Waals surface area contributed by atoms with Gasteiger partial charge in [-0.2, -0.15) is 0 Å². The number of amides is 2. The monoisotopic (exact) mass is 384 g/mol. The molecule has 1 aromatic carbocycles. The van der Waals surface area contributed by atoms with Crippen molar-refractivity contribution in [1.29, 1.82) is 0 Å². The predicted molar refractivity (Wildman–Crippen MR) is 105 cm³/mol. The molecule has 28 heavy (non-hydrogen) atoms. The molecule has 1 heterocycles. The first kappa shape index (κ1) is 21.1. The molecule has 2 rings (SSSR count). The quantitative estimate of drug-likeness (QED) is 0.318. The van der Waals surface area contributed by atoms with Crippen molar-refractivity contribution in [3.8, 4) is 0 Å². The highest BCUT2D eigenvalue weighted by Gasteiger charge is 2.24. The van der Waals surface area contributed by atoms with E-state index in [-0.39, 0.29) is 12.5 Å². The van der Waals surface area contributed by atoms with Crippen molar-refractivity contribution in [2.24, 2.45) is 5.92 Å². The van der Waals surface area contributed by atoms with Crippen LogP contribution in [0.1, 0.15) is 41.3 Å². The molecule has 0 unspecified atom stereocenters. The van der Waals surface area contributed by atoms with E-state index in [2.05, 4.69) is 5.32 Å². The third-order valence-corrected chi connectivity index (χ3v) is 4.02. The van der Waals surface area contributed by atoms with Gasteiger partial charge in [-0.25, -0.2) is 5.48 Å². The molecule has 2 aromatic rings. The number of hydrogen-bond donors (Lipinski definition) is 4. The largest absolute Gasteiger partial charge is 0.459 e. The molecule has 0 saturated heterocycles. The number of allylic oxidation sites excluding steroid dienone is 2. The molecule has 0 spiro atoms. The van der Waals surface area contributed by atoms with Crippen molar-refractivity contribution in [2.75, 3.05) is 0 Å². The molecule has 7 nitrogen and oxygen atoms in total. The van der Waals surface area contributed by atoms with E-state index in [1.807, 2.05) is 12.2 Å². The van der Waals surface area contributed by atoms with E-state index in [0.29, 0.717) is 17.1 Å². The highest BCUT2D eigenvalue weighted by molar-refractivity contribution is 5.97. The van der Waals surface area contributed by atoms with Gasteiger partial charge < -0.3 is 14.8 Å². The summed E-state index contributed by atoms with van der Waals surface area (Å²) in [6, 6.07) is 9.54. The lowest BCUT2D eigenvalue weighted by molar-refractivity contribution is -0.132. The van der Waals surface area contributed by atoms with E-state index in [1.54, 1.807) is 67.9 Å². The average molecular weight is 384 g/mol. The summed E-state index contributed by atoms with van der Waals surface area (Å²) < 4.78 is 5.34. The normalized spacial score (nSPS) is 12.6. The first-order valence-corrected chi connectivity index (χ1v) is 8.83. The number of furan rings is 1. The summed E-state index contributed by atoms with van der Waals surface area (Å²) in [6.45, 7) is 3.41. The molecule has 0 aliphatic heterocycles. The van der Waals surface area contributed by atoms with E-state index in [1.165, 1.54) is 0 Å². The molecule has 0 saturated carbocycles. The fraction of sp³-hybridized carbons (Fsp3) is 0.238. The average Bonchev–Trinajstić information content (AvgIpc) is 3.17. The molecule has 4 N–H and O–H groups in total. The molecule has 0 bridgehead atoms. The zero-order chi connectivity index (χ0) is 20.5. The lowest BCUT2D eigenvalue weighted by Crippen LogP contribution is -2.48. The zero-order valence-electron chi connectivity index (χ0n) is 15.8. The van der Waals surface area contributed by atoms with Crippen LogP contribution in [0.25, 0.3) is 12.2 Å². The Morgan fingerprint density at radius 2 is 1.75 bits per heavy atom. The van der Waals surface area contributed by atoms with Crippen LogP contribution in [0.15, 0.2) is 53.0 Å². The van der Waals surface area contributed by atoms with Crippen LogP contribution in [0.2, 0.25) is 0 Å². The maximum absolute atomic E-state index is 12.3. The number of carbonyl (C=O) groups is 2. The fourth-order valence-corrected chi connectivity index (χ4v) is 2.46. The summed E-state index contributed by atoms with van der Waals surface area (Å²) in [5, 5.41) is 20.4. The highest BCUT2D eigenvalue weighted by Crippen LogP contribution is 2.11. The van der Waals surface area contributed by atoms with Crippen LogP contribution >= 0.6 is 0 Å². The second-order valence-electron chi connectivity index (χ2n) is 6.47. The Morgan fingerprint density at radius 3 is 2.32 bits per heavy atom. The van der Waals surface area contributed by atoms with Gasteiger partial charge in [0.2, 0.25) is 0 Å². The third kappa shape index (κ3) is 5.94. The molecule has 0 aliphatic rings. The first-order chi connectivity index (χ1) is 13.4. The summed E-state index contributed by atoms with van der Waals surface area (Å²) in [5.74, 6) is -0.0682. The number of hydrogen-bond acceptors (Lipinski definition) is 5. The van der Waals surface area contributed by atoms with Gasteiger partial charge >= 0.3 is 0 Å². The molecule has 0 fully saturated rings. The van der Waals surface area contributed by atoms with Gasteiger partial charge in [-0.3, -0.25) is 14.8 Å². The van der Waals surface area contributed by atoms with Crippen molar-refractivity contribution in [3.63, 3.8) is 0 Å². The predicted octanol–water partition coefficient (Wildman–Crippen LogP) is 2.76. The lowest BCUT2D eigenvalue weighted by atomic mass is 10.0. The number of benzene rings is 1. The minimum absolute atomic E-state index is 0.133. The Kier molecular flexibility index (Phi) is 7.74. The minimum Gasteiger partial charge on any atom is -0.459 e. The van der Waals surface area contributed by atoms with E-state index in [4.69, 9.17) is 14.7 Å². The molecule has 0 aliphatic carbocycles. The van der Waals surface area contributed by atoms with Gasteiger partial charge in [0.05, 0.1) is 0 Å². The Balaban J connectivity index is 1.96. The number of nitrogens with one attached hydrogen (secondary N) is 2. The highest BCUT2D eigenvalue weighted by atomic mass is 16.5. The summed E-state index contributed by atoms with van der Waals surface area (Å²) >= 11 is 0. The van der Waals surface area contributed by atoms with Gasteiger partial charge in [-0.1, -0.05) is 44.2 Å². The molecule has 2 amide bonds. The molecule has 1 atom stereocenters. The summed E-state index contributed by atoms with van der Waals surface area (Å²) in [6.07, 6.45) is 7.28. The number of hydroxylamine groups is 1. The van der Waals surface area contributed by atoms with Crippen LogP contribution in [-0.4, -0.2) is 28.2 Å². The van der Waals surface area contributed by atoms with Crippen molar-refractivity contribution >= 4 is 24.0 Å². The van der Waals surface area contributed by atoms with Crippen LogP contribution in [-0.2, 0) is 11.4 Å². The summed E-state index contributed by atoms with van der Waals surface area (Å²) in [4.78, 5) is 23.9. The van der Waals surface area contributed by atoms with Gasteiger partial charge in [-0.15, -0.1) is 0 Å². The second-order valence-corrected chi connectivity index (χ2v) is 6.47. The number of aliphatic hydroxyl groups is 1. The van der Waals surface area contributed by atoms with E-state index >= 15 is 0 Å². The van der Waals surface area contributed by atoms with Gasteiger partial charge in [0.1, 0.15) is 24.2 Å². The van der Waals surface area contributed by atoms with E-state index in [9.17, 15) is 9.59 Å². The van der Waals surface area contributed by atoms with Crippen LogP contribution < -0.4 is 10.8 Å². The SMILES string of the molecule is CC(C)[C@H](NC(=O)c1ccc(/C=C/C=C/c2ccc(CO)o2)cc1)C(=O)NO. The molecular weight excluding hydrogens is 360 g/mol. The zero-order valence-corrected chi connectivity index (χ0v) is 15.8. The maximum Gasteiger partial charge on any atom is 0.266 e. The van der Waals surface area contributed by atoms with Gasteiger partial charge in [0.25, 0.3) is 11.8 Å². The summed E-state index contributed by atoms with van der Waals surface area (Å²) in [7, 11) is 0. The molecular formula is C21H24N2O5. The Labute approximate surface area is 163 Å². The van der Waals surface area contributed by atoms with Crippen molar-refractivity contribution in [3.05, 3.63) is 71.2 Å². The van der Waals surface area contributed by atoms with Gasteiger partial charge in [0.15, 0.2) is 0 Å². The Hall–Kier alpha value is -3.16. The van der Waals surface area contributed by atoms with Crippen LogP contribution in [0.5, 0.6) is 0 Å². The van der Waals surface area contributed by atoms with Crippen LogP contribution in [0.3, 0.4) is 0 Å². The lowest BCUT2D eigenvalue weighted by Gasteiger charge is -2.20. The third-order valence-electron chi connectivity index (χ3n) is 4.02. The number of carbonyl (C=O) groups excluding carboxylic acids is 2. The van der Waals surface area contributed by atoms with Gasteiger partial charge in [-0.05, 0) is 41.8 Å². The van der Waals surface area contributed by atoms with Gasteiger partial charge in [0, 0.05) is 5.56 Å². The maximum atomic E-state index is 12.3. The first-order valence-electron chi connectivity index (χ1n) is 8.83. The number of aliphatic hydroxyl groups excluding tert-OH is 1. The van der Waals surface area contributed by atoms with Crippen LogP contribution in [0, 0.1) is 5.92 Å². The molecule has 7 heteroatoms. The number of rotatable bonds is 8. The smallest absolute Gasteiger partial charge is 0.266 e. The topological polar surface area (TPSA) is 112 Å². The Morgan fingerprint density at radius 1 is 1.07 bits per heavy atom. The van der Waals surface area contributed by atoms with Crippen molar-refractivity contribution in [1.82, 2.24) is 10.8 Å². The summed E-state index contributed by atoms with van der Waals surface area (Å²) in [5.41, 5.74) is 2.88. The second kappa shape index (κ2) is 10.2. The molecule has 148 valence electrons. The van der Waals surface area contributed by atoms with Crippen molar-refractivity contribution < 1.29 is 24.3 Å². The standard InChI is InChI=1S/C21H24N2O5/c1-14(2)19(21(26)23-27)22-20(25)16-9-7-15(8-10-16)5-3-4-6-17-11-12-18(13-24)28-17/h3-12,14,19,24,27H,13H2,1-2H3,(H,22,25)(H,23,26)/b5-3+,6-4+/t19-/m0/s1. The van der Waals surface area contributed by atoms with E-state index < -0.39 is 17.9 Å². The van der Waals surface area contributed by atoms with Crippen LogP contribution in [0.4, 0.5) is 0 Å².